The van der Waals surface area contributed by atoms with E-state index in [1.807, 2.05) is 17.9 Å². The molecule has 1 heterocycles. The zero-order valence-electron chi connectivity index (χ0n) is 14.8. The Balaban J connectivity index is 1.98. The number of amides is 1. The van der Waals surface area contributed by atoms with Crippen molar-refractivity contribution in [1.82, 2.24) is 0 Å². The molecular weight excluding hydrogens is 382 g/mol. The van der Waals surface area contributed by atoms with Crippen LogP contribution in [0.3, 0.4) is 0 Å². The number of aryl methyl sites for hydroxylation is 2. The third-order valence-electron chi connectivity index (χ3n) is 4.36. The number of nitrogens with zero attached hydrogens (tertiary/aromatic N) is 1. The normalized spacial score (nSPS) is 13.4. The maximum absolute atomic E-state index is 13.1. The number of ether oxygens (including phenoxy) is 2. The van der Waals surface area contributed by atoms with Gasteiger partial charge in [-0.25, -0.2) is 0 Å². The van der Waals surface area contributed by atoms with E-state index in [4.69, 9.17) is 9.47 Å². The zero-order valence-corrected chi connectivity index (χ0v) is 16.4. The fraction of sp³-hybridized carbons (Fsp3) is 0.350. The van der Waals surface area contributed by atoms with Gasteiger partial charge in [-0.3, -0.25) is 4.79 Å². The predicted molar refractivity (Wildman–Crippen MR) is 103 cm³/mol. The average molecular weight is 404 g/mol. The number of halogens is 1. The van der Waals surface area contributed by atoms with E-state index in [9.17, 15) is 4.79 Å². The average Bonchev–Trinajstić information content (AvgIpc) is 2.61. The minimum Gasteiger partial charge on any atom is -0.493 e. The number of rotatable bonds is 4. The van der Waals surface area contributed by atoms with Crippen molar-refractivity contribution in [3.8, 4) is 11.5 Å². The standard InChI is InChI=1S/C20H22BrNO3/c1-4-25-19-16(21)11-15(12-18(19)24-3)20(23)22-9-5-6-14-10-13(2)7-8-17(14)22/h7-8,10-12H,4-6,9H2,1-3H3. The van der Waals surface area contributed by atoms with Gasteiger partial charge < -0.3 is 14.4 Å². The van der Waals surface area contributed by atoms with Crippen LogP contribution in [0.1, 0.15) is 34.8 Å². The lowest BCUT2D eigenvalue weighted by atomic mass is 9.98. The van der Waals surface area contributed by atoms with E-state index in [0.717, 1.165) is 29.5 Å². The Hall–Kier alpha value is -2.01. The summed E-state index contributed by atoms with van der Waals surface area (Å²) in [5.74, 6) is 1.16. The molecule has 0 aromatic heterocycles. The number of anilines is 1. The second-order valence-electron chi connectivity index (χ2n) is 6.11. The molecule has 0 saturated heterocycles. The van der Waals surface area contributed by atoms with E-state index < -0.39 is 0 Å². The van der Waals surface area contributed by atoms with Gasteiger partial charge in [-0.1, -0.05) is 17.7 Å². The Morgan fingerprint density at radius 1 is 1.28 bits per heavy atom. The summed E-state index contributed by atoms with van der Waals surface area (Å²) in [6, 6.07) is 9.82. The van der Waals surface area contributed by atoms with E-state index in [1.165, 1.54) is 11.1 Å². The van der Waals surface area contributed by atoms with Crippen LogP contribution < -0.4 is 14.4 Å². The van der Waals surface area contributed by atoms with Gasteiger partial charge in [0.2, 0.25) is 0 Å². The fourth-order valence-electron chi connectivity index (χ4n) is 3.22. The van der Waals surface area contributed by atoms with Gasteiger partial charge in [0.15, 0.2) is 11.5 Å². The van der Waals surface area contributed by atoms with Gasteiger partial charge in [0.05, 0.1) is 18.2 Å². The van der Waals surface area contributed by atoms with Crippen molar-refractivity contribution in [1.29, 1.82) is 0 Å². The van der Waals surface area contributed by atoms with Crippen LogP contribution in [0.15, 0.2) is 34.8 Å². The summed E-state index contributed by atoms with van der Waals surface area (Å²) in [4.78, 5) is 15.0. The molecule has 1 aliphatic heterocycles. The molecule has 4 nitrogen and oxygen atoms in total. The van der Waals surface area contributed by atoms with Gasteiger partial charge >= 0.3 is 0 Å². The van der Waals surface area contributed by atoms with Gasteiger partial charge in [0, 0.05) is 17.8 Å². The first kappa shape index (κ1) is 17.8. The van der Waals surface area contributed by atoms with Gasteiger partial charge in [-0.15, -0.1) is 0 Å². The molecule has 0 radical (unpaired) electrons. The minimum atomic E-state index is -0.0214. The second-order valence-corrected chi connectivity index (χ2v) is 6.97. The van der Waals surface area contributed by atoms with Crippen LogP contribution in [0, 0.1) is 6.92 Å². The summed E-state index contributed by atoms with van der Waals surface area (Å²) in [6.07, 6.45) is 1.98. The molecule has 0 N–H and O–H groups in total. The summed E-state index contributed by atoms with van der Waals surface area (Å²) >= 11 is 3.50. The maximum atomic E-state index is 13.1. The molecule has 0 spiro atoms. The first-order valence-corrected chi connectivity index (χ1v) is 9.26. The molecule has 25 heavy (non-hydrogen) atoms. The lowest BCUT2D eigenvalue weighted by molar-refractivity contribution is 0.0984. The molecule has 132 valence electrons. The molecule has 2 aromatic rings. The molecule has 1 aliphatic rings. The van der Waals surface area contributed by atoms with Crippen molar-refractivity contribution >= 4 is 27.5 Å². The van der Waals surface area contributed by atoms with Crippen molar-refractivity contribution in [3.05, 3.63) is 51.5 Å². The van der Waals surface area contributed by atoms with Crippen LogP contribution >= 0.6 is 15.9 Å². The number of carbonyl (C=O) groups is 1. The number of hydrogen-bond acceptors (Lipinski definition) is 3. The molecule has 0 bridgehead atoms. The van der Waals surface area contributed by atoms with Crippen LogP contribution in [0.4, 0.5) is 5.69 Å². The van der Waals surface area contributed by atoms with Crippen molar-refractivity contribution < 1.29 is 14.3 Å². The van der Waals surface area contributed by atoms with Crippen LogP contribution in [-0.4, -0.2) is 26.2 Å². The number of carbonyl (C=O) groups excluding carboxylic acids is 1. The zero-order chi connectivity index (χ0) is 18.0. The first-order valence-electron chi connectivity index (χ1n) is 8.47. The van der Waals surface area contributed by atoms with E-state index in [2.05, 4.69) is 35.0 Å². The van der Waals surface area contributed by atoms with E-state index in [0.29, 0.717) is 23.7 Å². The molecule has 2 aromatic carbocycles. The SMILES string of the molecule is CCOc1c(Br)cc(C(=O)N2CCCc3cc(C)ccc32)cc1OC. The number of methoxy groups -OCH3 is 1. The molecule has 5 heteroatoms. The Morgan fingerprint density at radius 2 is 2.08 bits per heavy atom. The predicted octanol–water partition coefficient (Wildman–Crippen LogP) is 4.76. The second kappa shape index (κ2) is 7.48. The Bertz CT molecular complexity index is 804. The lowest BCUT2D eigenvalue weighted by Gasteiger charge is -2.30. The molecule has 3 rings (SSSR count). The molecular formula is C20H22BrNO3. The Kier molecular flexibility index (Phi) is 5.33. The van der Waals surface area contributed by atoms with E-state index in [1.54, 1.807) is 19.2 Å². The van der Waals surface area contributed by atoms with Crippen LogP contribution in [-0.2, 0) is 6.42 Å². The van der Waals surface area contributed by atoms with Crippen LogP contribution in [0.2, 0.25) is 0 Å². The van der Waals surface area contributed by atoms with Crippen molar-refractivity contribution in [2.24, 2.45) is 0 Å². The molecule has 0 saturated carbocycles. The largest absolute Gasteiger partial charge is 0.493 e. The van der Waals surface area contributed by atoms with Gasteiger partial charge in [-0.2, -0.15) is 0 Å². The Morgan fingerprint density at radius 3 is 2.80 bits per heavy atom. The Labute approximate surface area is 156 Å². The maximum Gasteiger partial charge on any atom is 0.258 e. The smallest absolute Gasteiger partial charge is 0.258 e. The summed E-state index contributed by atoms with van der Waals surface area (Å²) in [6.45, 7) is 5.25. The van der Waals surface area contributed by atoms with Crippen molar-refractivity contribution in [3.63, 3.8) is 0 Å². The summed E-state index contributed by atoms with van der Waals surface area (Å²) < 4.78 is 11.7. The summed E-state index contributed by atoms with van der Waals surface area (Å²) in [5.41, 5.74) is 4.04. The van der Waals surface area contributed by atoms with Gasteiger partial charge in [0.1, 0.15) is 0 Å². The van der Waals surface area contributed by atoms with Gasteiger partial charge in [-0.05, 0) is 66.4 Å². The molecule has 0 unspecified atom stereocenters. The third-order valence-corrected chi connectivity index (χ3v) is 4.95. The quantitative estimate of drug-likeness (QED) is 0.738. The summed E-state index contributed by atoms with van der Waals surface area (Å²) in [5, 5.41) is 0. The number of hydrogen-bond donors (Lipinski definition) is 0. The summed E-state index contributed by atoms with van der Waals surface area (Å²) in [7, 11) is 1.58. The molecule has 0 atom stereocenters. The van der Waals surface area contributed by atoms with Crippen molar-refractivity contribution in [2.45, 2.75) is 26.7 Å². The topological polar surface area (TPSA) is 38.8 Å². The number of fused-ring (bicyclic) bond motifs is 1. The molecule has 0 fully saturated rings. The lowest BCUT2D eigenvalue weighted by Crippen LogP contribution is -2.35. The molecule has 0 aliphatic carbocycles. The minimum absolute atomic E-state index is 0.0214. The number of benzene rings is 2. The van der Waals surface area contributed by atoms with Crippen molar-refractivity contribution in [2.75, 3.05) is 25.2 Å². The monoisotopic (exact) mass is 403 g/mol. The fourth-order valence-corrected chi connectivity index (χ4v) is 3.78. The highest BCUT2D eigenvalue weighted by Gasteiger charge is 2.25. The third kappa shape index (κ3) is 3.52. The molecule has 1 amide bonds. The highest BCUT2D eigenvalue weighted by Crippen LogP contribution is 2.38. The van der Waals surface area contributed by atoms with Gasteiger partial charge in [0.25, 0.3) is 5.91 Å². The van der Waals surface area contributed by atoms with Crippen LogP contribution in [0.5, 0.6) is 11.5 Å². The van der Waals surface area contributed by atoms with E-state index >= 15 is 0 Å². The first-order chi connectivity index (χ1) is 12.0. The highest BCUT2D eigenvalue weighted by molar-refractivity contribution is 9.10. The van der Waals surface area contributed by atoms with Crippen LogP contribution in [0.25, 0.3) is 0 Å². The van der Waals surface area contributed by atoms with E-state index in [-0.39, 0.29) is 5.91 Å². The highest BCUT2D eigenvalue weighted by atomic mass is 79.9.